The molecule has 0 saturated heterocycles. The van der Waals surface area contributed by atoms with Crippen LogP contribution < -0.4 is 4.90 Å². The maximum Gasteiger partial charge on any atom is 0.196 e. The summed E-state index contributed by atoms with van der Waals surface area (Å²) in [6, 6.07) is 0. The van der Waals surface area contributed by atoms with Gasteiger partial charge in [0.1, 0.15) is 5.69 Å². The third-order valence-corrected chi connectivity index (χ3v) is 3.39. The summed E-state index contributed by atoms with van der Waals surface area (Å²) in [7, 11) is 1.88. The fourth-order valence-electron chi connectivity index (χ4n) is 1.67. The first-order valence-electron chi connectivity index (χ1n) is 5.43. The average molecular weight is 253 g/mol. The first-order chi connectivity index (χ1) is 8.13. The lowest BCUT2D eigenvalue weighted by Crippen LogP contribution is -2.23. The van der Waals surface area contributed by atoms with Gasteiger partial charge in [0, 0.05) is 25.2 Å². The number of hydrogen-bond donors (Lipinski definition) is 1. The van der Waals surface area contributed by atoms with Crippen molar-refractivity contribution >= 4 is 28.4 Å². The Kier molecular flexibility index (Phi) is 3.44. The van der Waals surface area contributed by atoms with Crippen molar-refractivity contribution in [2.75, 3.05) is 18.5 Å². The Morgan fingerprint density at radius 3 is 3.12 bits per heavy atom. The summed E-state index contributed by atoms with van der Waals surface area (Å²) in [5.74, 6) is 0.674. The maximum atomic E-state index is 11.1. The second-order valence-corrected chi connectivity index (χ2v) is 4.93. The van der Waals surface area contributed by atoms with Gasteiger partial charge in [0.05, 0.1) is 6.10 Å². The lowest BCUT2D eigenvalue weighted by molar-refractivity contribution is 0.111. The molecule has 0 radical (unpaired) electrons. The van der Waals surface area contributed by atoms with E-state index in [2.05, 4.69) is 4.98 Å². The van der Waals surface area contributed by atoms with E-state index in [1.165, 1.54) is 11.3 Å². The van der Waals surface area contributed by atoms with E-state index in [4.69, 9.17) is 0 Å². The Morgan fingerprint density at radius 2 is 2.47 bits per heavy atom. The summed E-state index contributed by atoms with van der Waals surface area (Å²) in [5.41, 5.74) is 0.564. The standard InChI is InChI=1S/C11H15N3O2S/c1-8(16)3-4-13(2)10-9(7-15)14-5-6-17-11(14)12-10/h5-8,16H,3-4H2,1-2H3. The summed E-state index contributed by atoms with van der Waals surface area (Å²) >= 11 is 1.50. The van der Waals surface area contributed by atoms with Crippen molar-refractivity contribution in [3.8, 4) is 0 Å². The van der Waals surface area contributed by atoms with Crippen molar-refractivity contribution in [3.63, 3.8) is 0 Å². The van der Waals surface area contributed by atoms with Gasteiger partial charge in [-0.3, -0.25) is 9.20 Å². The van der Waals surface area contributed by atoms with E-state index < -0.39 is 0 Å². The summed E-state index contributed by atoms with van der Waals surface area (Å²) in [6.45, 7) is 2.42. The second kappa shape index (κ2) is 4.85. The van der Waals surface area contributed by atoms with E-state index in [0.717, 1.165) is 11.2 Å². The first-order valence-corrected chi connectivity index (χ1v) is 6.31. The predicted molar refractivity (Wildman–Crippen MR) is 68.0 cm³/mol. The molecule has 0 aliphatic carbocycles. The largest absolute Gasteiger partial charge is 0.393 e. The number of aromatic nitrogens is 2. The number of carbonyl (C=O) groups is 1. The van der Waals surface area contributed by atoms with Crippen LogP contribution in [-0.4, -0.2) is 40.5 Å². The molecule has 0 aliphatic rings. The molecule has 0 bridgehead atoms. The lowest BCUT2D eigenvalue weighted by Gasteiger charge is -2.17. The second-order valence-electron chi connectivity index (χ2n) is 4.05. The fourth-order valence-corrected chi connectivity index (χ4v) is 2.38. The highest BCUT2D eigenvalue weighted by Crippen LogP contribution is 2.22. The van der Waals surface area contributed by atoms with Crippen LogP contribution in [0.15, 0.2) is 11.6 Å². The number of anilines is 1. The summed E-state index contributed by atoms with van der Waals surface area (Å²) < 4.78 is 1.78. The molecule has 92 valence electrons. The summed E-state index contributed by atoms with van der Waals surface area (Å²) in [6.07, 6.45) is 2.96. The maximum absolute atomic E-state index is 11.1. The van der Waals surface area contributed by atoms with Gasteiger partial charge >= 0.3 is 0 Å². The Hall–Kier alpha value is -1.40. The molecule has 2 rings (SSSR count). The summed E-state index contributed by atoms with van der Waals surface area (Å²) in [4.78, 5) is 18.2. The van der Waals surface area contributed by atoms with Crippen molar-refractivity contribution in [2.45, 2.75) is 19.4 Å². The third-order valence-electron chi connectivity index (χ3n) is 2.64. The van der Waals surface area contributed by atoms with Crippen LogP contribution in [0.1, 0.15) is 23.8 Å². The van der Waals surface area contributed by atoms with Crippen LogP contribution in [0.5, 0.6) is 0 Å². The van der Waals surface area contributed by atoms with Crippen molar-refractivity contribution in [1.82, 2.24) is 9.38 Å². The van der Waals surface area contributed by atoms with Gasteiger partial charge in [-0.05, 0) is 13.3 Å². The SMILES string of the molecule is CC(O)CCN(C)c1nc2sccn2c1C=O. The molecule has 1 unspecified atom stereocenters. The van der Waals surface area contributed by atoms with Crippen LogP contribution in [0.3, 0.4) is 0 Å². The van der Waals surface area contributed by atoms with Gasteiger partial charge in [0.25, 0.3) is 0 Å². The number of aliphatic hydroxyl groups excluding tert-OH is 1. The smallest absolute Gasteiger partial charge is 0.196 e. The molecular weight excluding hydrogens is 238 g/mol. The van der Waals surface area contributed by atoms with Crippen LogP contribution in [0.25, 0.3) is 4.96 Å². The minimum Gasteiger partial charge on any atom is -0.393 e. The molecule has 0 amide bonds. The van der Waals surface area contributed by atoms with E-state index in [1.54, 1.807) is 11.3 Å². The van der Waals surface area contributed by atoms with E-state index >= 15 is 0 Å². The number of hydrogen-bond acceptors (Lipinski definition) is 5. The van der Waals surface area contributed by atoms with Crippen molar-refractivity contribution < 1.29 is 9.90 Å². The molecule has 0 saturated carbocycles. The number of carbonyl (C=O) groups excluding carboxylic acids is 1. The number of nitrogens with zero attached hydrogens (tertiary/aromatic N) is 3. The number of thiazole rings is 1. The van der Waals surface area contributed by atoms with Gasteiger partial charge < -0.3 is 10.0 Å². The first kappa shape index (κ1) is 12.1. The number of fused-ring (bicyclic) bond motifs is 1. The quantitative estimate of drug-likeness (QED) is 0.819. The van der Waals surface area contributed by atoms with Crippen LogP contribution in [0.2, 0.25) is 0 Å². The van der Waals surface area contributed by atoms with Gasteiger partial charge in [0.15, 0.2) is 17.1 Å². The van der Waals surface area contributed by atoms with Gasteiger partial charge in [0.2, 0.25) is 0 Å². The number of rotatable bonds is 5. The Balaban J connectivity index is 2.27. The lowest BCUT2D eigenvalue weighted by atomic mass is 10.2. The Labute approximate surface area is 103 Å². The monoisotopic (exact) mass is 253 g/mol. The third kappa shape index (κ3) is 2.32. The van der Waals surface area contributed by atoms with Crippen LogP contribution >= 0.6 is 11.3 Å². The molecular formula is C11H15N3O2S. The van der Waals surface area contributed by atoms with Gasteiger partial charge in [-0.15, -0.1) is 11.3 Å². The molecule has 5 nitrogen and oxygen atoms in total. The molecule has 2 aromatic rings. The molecule has 1 atom stereocenters. The van der Waals surface area contributed by atoms with Crippen LogP contribution in [-0.2, 0) is 0 Å². The van der Waals surface area contributed by atoms with Crippen LogP contribution in [0, 0.1) is 0 Å². The van der Waals surface area contributed by atoms with Crippen LogP contribution in [0.4, 0.5) is 5.82 Å². The van der Waals surface area contributed by atoms with Crippen molar-refractivity contribution in [3.05, 3.63) is 17.3 Å². The minimum absolute atomic E-state index is 0.346. The van der Waals surface area contributed by atoms with Gasteiger partial charge in [-0.25, -0.2) is 4.98 Å². The highest BCUT2D eigenvalue weighted by Gasteiger charge is 2.16. The zero-order valence-corrected chi connectivity index (χ0v) is 10.6. The van der Waals surface area contributed by atoms with Crippen molar-refractivity contribution in [2.24, 2.45) is 0 Å². The predicted octanol–water partition coefficient (Wildman–Crippen LogP) is 1.42. The molecule has 6 heteroatoms. The van der Waals surface area contributed by atoms with E-state index in [9.17, 15) is 9.90 Å². The molecule has 0 aromatic carbocycles. The zero-order valence-electron chi connectivity index (χ0n) is 9.83. The van der Waals surface area contributed by atoms with Gasteiger partial charge in [-0.2, -0.15) is 0 Å². The molecule has 1 N–H and O–H groups in total. The zero-order chi connectivity index (χ0) is 12.4. The summed E-state index contributed by atoms with van der Waals surface area (Å²) in [5, 5.41) is 11.2. The Morgan fingerprint density at radius 1 is 1.71 bits per heavy atom. The normalized spacial score (nSPS) is 12.9. The van der Waals surface area contributed by atoms with E-state index in [-0.39, 0.29) is 6.10 Å². The van der Waals surface area contributed by atoms with Gasteiger partial charge in [-0.1, -0.05) is 0 Å². The van der Waals surface area contributed by atoms with Crippen molar-refractivity contribution in [1.29, 1.82) is 0 Å². The molecule has 2 heterocycles. The highest BCUT2D eigenvalue weighted by atomic mass is 32.1. The molecule has 0 spiro atoms. The number of imidazole rings is 1. The molecule has 17 heavy (non-hydrogen) atoms. The molecule has 2 aromatic heterocycles. The number of aldehydes is 1. The highest BCUT2D eigenvalue weighted by molar-refractivity contribution is 7.15. The topological polar surface area (TPSA) is 57.8 Å². The molecule has 0 aliphatic heterocycles. The number of aliphatic hydroxyl groups is 1. The average Bonchev–Trinajstić information content (AvgIpc) is 2.84. The minimum atomic E-state index is -0.346. The van der Waals surface area contributed by atoms with E-state index in [0.29, 0.717) is 24.5 Å². The van der Waals surface area contributed by atoms with E-state index in [1.807, 2.05) is 23.5 Å². The fraction of sp³-hybridized carbons (Fsp3) is 0.455. The molecule has 0 fully saturated rings. The Bertz CT molecular complexity index is 518.